The molecule has 0 aliphatic heterocycles. The van der Waals surface area contributed by atoms with Gasteiger partial charge in [0.15, 0.2) is 0 Å². The number of carbonyl (C=O) groups is 1. The number of aryl methyl sites for hydroxylation is 2. The van der Waals surface area contributed by atoms with E-state index in [9.17, 15) is 4.79 Å². The van der Waals surface area contributed by atoms with E-state index in [-0.39, 0.29) is 12.5 Å². The minimum Gasteiger partial charge on any atom is -0.338 e. The van der Waals surface area contributed by atoms with E-state index in [4.69, 9.17) is 5.26 Å². The molecule has 1 aromatic carbocycles. The Labute approximate surface area is 111 Å². The van der Waals surface area contributed by atoms with E-state index in [1.165, 1.54) is 11.1 Å². The quantitative estimate of drug-likeness (QED) is 0.821. The number of aromatic nitrogens is 2. The molecule has 5 nitrogen and oxygen atoms in total. The lowest BCUT2D eigenvalue weighted by molar-refractivity contribution is 0.0953. The maximum atomic E-state index is 11.6. The molecule has 1 amide bonds. The molecule has 2 N–H and O–H groups in total. The summed E-state index contributed by atoms with van der Waals surface area (Å²) in [6.07, 6.45) is 0. The molecule has 5 heteroatoms. The molecule has 2 aromatic rings. The highest BCUT2D eigenvalue weighted by atomic mass is 16.1. The molecule has 0 bridgehead atoms. The molecule has 0 aliphatic carbocycles. The van der Waals surface area contributed by atoms with Crippen LogP contribution in [-0.4, -0.2) is 22.6 Å². The summed E-state index contributed by atoms with van der Waals surface area (Å²) in [7, 11) is 0. The van der Waals surface area contributed by atoms with Crippen LogP contribution in [0.2, 0.25) is 0 Å². The van der Waals surface area contributed by atoms with Crippen molar-refractivity contribution in [3.63, 3.8) is 0 Å². The number of nitrogens with zero attached hydrogens (tertiary/aromatic N) is 2. The highest BCUT2D eigenvalue weighted by Gasteiger charge is 2.10. The Kier molecular flexibility index (Phi) is 3.62. The van der Waals surface area contributed by atoms with Gasteiger partial charge in [-0.25, -0.2) is 0 Å². The summed E-state index contributed by atoms with van der Waals surface area (Å²) in [5.41, 5.74) is 4.41. The zero-order valence-electron chi connectivity index (χ0n) is 10.8. The van der Waals surface area contributed by atoms with E-state index in [0.29, 0.717) is 11.4 Å². The molecular formula is C14H14N4O. The van der Waals surface area contributed by atoms with Gasteiger partial charge in [-0.1, -0.05) is 12.1 Å². The second-order valence-electron chi connectivity index (χ2n) is 4.31. The molecule has 0 aliphatic rings. The van der Waals surface area contributed by atoms with E-state index in [1.807, 2.05) is 38.1 Å². The molecule has 0 saturated heterocycles. The number of carbonyl (C=O) groups excluding carboxylic acids is 1. The molecular weight excluding hydrogens is 240 g/mol. The van der Waals surface area contributed by atoms with Crippen molar-refractivity contribution >= 4 is 5.91 Å². The minimum atomic E-state index is -0.330. The van der Waals surface area contributed by atoms with Crippen molar-refractivity contribution in [2.24, 2.45) is 0 Å². The van der Waals surface area contributed by atoms with Crippen molar-refractivity contribution in [3.8, 4) is 17.3 Å². The molecule has 1 aromatic heterocycles. The van der Waals surface area contributed by atoms with Gasteiger partial charge in [0.05, 0.1) is 11.8 Å². The van der Waals surface area contributed by atoms with Crippen LogP contribution in [0.4, 0.5) is 0 Å². The van der Waals surface area contributed by atoms with Crippen LogP contribution in [0, 0.1) is 25.2 Å². The fraction of sp³-hybridized carbons (Fsp3) is 0.214. The molecule has 96 valence electrons. The molecule has 2 rings (SSSR count). The van der Waals surface area contributed by atoms with Crippen molar-refractivity contribution in [1.82, 2.24) is 15.5 Å². The smallest absolute Gasteiger partial charge is 0.270 e. The van der Waals surface area contributed by atoms with Crippen molar-refractivity contribution in [2.45, 2.75) is 13.8 Å². The average molecular weight is 254 g/mol. The van der Waals surface area contributed by atoms with E-state index in [1.54, 1.807) is 6.07 Å². The van der Waals surface area contributed by atoms with Crippen LogP contribution in [0.15, 0.2) is 24.3 Å². The van der Waals surface area contributed by atoms with Gasteiger partial charge in [-0.05, 0) is 37.1 Å². The summed E-state index contributed by atoms with van der Waals surface area (Å²) in [6.45, 7) is 4.06. The van der Waals surface area contributed by atoms with Crippen molar-refractivity contribution < 1.29 is 4.79 Å². The molecule has 0 fully saturated rings. The first kappa shape index (κ1) is 12.8. The van der Waals surface area contributed by atoms with Gasteiger partial charge in [-0.15, -0.1) is 0 Å². The third-order valence-corrected chi connectivity index (χ3v) is 2.95. The topological polar surface area (TPSA) is 81.6 Å². The SMILES string of the molecule is Cc1ccc(-c2cc(C(=O)NCC#N)[nH]n2)cc1C. The summed E-state index contributed by atoms with van der Waals surface area (Å²) in [4.78, 5) is 11.6. The first-order chi connectivity index (χ1) is 9.11. The lowest BCUT2D eigenvalue weighted by atomic mass is 10.0. The van der Waals surface area contributed by atoms with Gasteiger partial charge in [-0.3, -0.25) is 9.89 Å². The standard InChI is InChI=1S/C14H14N4O/c1-9-3-4-11(7-10(9)2)12-8-13(18-17-12)14(19)16-6-5-15/h3-4,7-8H,6H2,1-2H3,(H,16,19)(H,17,18). The van der Waals surface area contributed by atoms with Crippen LogP contribution >= 0.6 is 0 Å². The number of benzene rings is 1. The zero-order chi connectivity index (χ0) is 13.8. The normalized spacial score (nSPS) is 9.95. The van der Waals surface area contributed by atoms with E-state index < -0.39 is 0 Å². The summed E-state index contributed by atoms with van der Waals surface area (Å²) in [5.74, 6) is -0.330. The zero-order valence-corrected chi connectivity index (χ0v) is 10.8. The van der Waals surface area contributed by atoms with E-state index >= 15 is 0 Å². The van der Waals surface area contributed by atoms with E-state index in [2.05, 4.69) is 15.5 Å². The number of rotatable bonds is 3. The maximum absolute atomic E-state index is 11.6. The second kappa shape index (κ2) is 5.36. The highest BCUT2D eigenvalue weighted by molar-refractivity contribution is 5.93. The van der Waals surface area contributed by atoms with Gasteiger partial charge in [0.1, 0.15) is 12.2 Å². The third-order valence-electron chi connectivity index (χ3n) is 2.95. The minimum absolute atomic E-state index is 0.0170. The van der Waals surface area contributed by atoms with Crippen LogP contribution < -0.4 is 5.32 Å². The molecule has 0 spiro atoms. The van der Waals surface area contributed by atoms with Gasteiger partial charge in [-0.2, -0.15) is 10.4 Å². The van der Waals surface area contributed by atoms with Crippen molar-refractivity contribution in [1.29, 1.82) is 5.26 Å². The fourth-order valence-electron chi connectivity index (χ4n) is 1.70. The predicted octanol–water partition coefficient (Wildman–Crippen LogP) is 1.95. The first-order valence-electron chi connectivity index (χ1n) is 5.90. The van der Waals surface area contributed by atoms with Crippen molar-refractivity contribution in [2.75, 3.05) is 6.54 Å². The van der Waals surface area contributed by atoms with Gasteiger partial charge in [0.25, 0.3) is 5.91 Å². The number of hydrogen-bond donors (Lipinski definition) is 2. The molecule has 19 heavy (non-hydrogen) atoms. The average Bonchev–Trinajstić information content (AvgIpc) is 2.89. The Morgan fingerprint density at radius 3 is 2.84 bits per heavy atom. The third kappa shape index (κ3) is 2.80. The number of nitrogens with one attached hydrogen (secondary N) is 2. The molecule has 0 radical (unpaired) electrons. The lowest BCUT2D eigenvalue weighted by Gasteiger charge is -2.01. The molecule has 0 atom stereocenters. The summed E-state index contributed by atoms with van der Waals surface area (Å²) < 4.78 is 0. The summed E-state index contributed by atoms with van der Waals surface area (Å²) >= 11 is 0. The van der Waals surface area contributed by atoms with Crippen molar-refractivity contribution in [3.05, 3.63) is 41.1 Å². The number of aromatic amines is 1. The van der Waals surface area contributed by atoms with Gasteiger partial charge in [0, 0.05) is 5.56 Å². The number of H-pyrrole nitrogens is 1. The number of hydrogen-bond acceptors (Lipinski definition) is 3. The molecule has 0 unspecified atom stereocenters. The maximum Gasteiger partial charge on any atom is 0.270 e. The fourth-order valence-corrected chi connectivity index (χ4v) is 1.70. The predicted molar refractivity (Wildman–Crippen MR) is 71.4 cm³/mol. The Bertz CT molecular complexity index is 652. The van der Waals surface area contributed by atoms with Gasteiger partial charge < -0.3 is 5.32 Å². The first-order valence-corrected chi connectivity index (χ1v) is 5.90. The monoisotopic (exact) mass is 254 g/mol. The number of amides is 1. The Morgan fingerprint density at radius 1 is 1.37 bits per heavy atom. The van der Waals surface area contributed by atoms with Crippen LogP contribution in [0.5, 0.6) is 0 Å². The Morgan fingerprint density at radius 2 is 2.16 bits per heavy atom. The van der Waals surface area contributed by atoms with Crippen LogP contribution in [0.3, 0.4) is 0 Å². The van der Waals surface area contributed by atoms with Crippen LogP contribution in [-0.2, 0) is 0 Å². The molecule has 0 saturated carbocycles. The number of nitriles is 1. The Hall–Kier alpha value is -2.61. The van der Waals surface area contributed by atoms with E-state index in [0.717, 1.165) is 5.56 Å². The summed E-state index contributed by atoms with van der Waals surface area (Å²) in [5, 5.41) is 17.7. The lowest BCUT2D eigenvalue weighted by Crippen LogP contribution is -2.23. The second-order valence-corrected chi connectivity index (χ2v) is 4.31. The highest BCUT2D eigenvalue weighted by Crippen LogP contribution is 2.20. The van der Waals surface area contributed by atoms with Crippen LogP contribution in [0.1, 0.15) is 21.6 Å². The largest absolute Gasteiger partial charge is 0.338 e. The Balaban J connectivity index is 2.23. The van der Waals surface area contributed by atoms with Gasteiger partial charge >= 0.3 is 0 Å². The van der Waals surface area contributed by atoms with Crippen LogP contribution in [0.25, 0.3) is 11.3 Å². The summed E-state index contributed by atoms with van der Waals surface area (Å²) in [6, 6.07) is 9.55. The molecule has 1 heterocycles. The van der Waals surface area contributed by atoms with Gasteiger partial charge in [0.2, 0.25) is 0 Å².